The van der Waals surface area contributed by atoms with Crippen LogP contribution in [0, 0.1) is 6.92 Å². The second-order valence-corrected chi connectivity index (χ2v) is 6.29. The monoisotopic (exact) mass is 273 g/mol. The summed E-state index contributed by atoms with van der Waals surface area (Å²) in [6.07, 6.45) is 6.32. The van der Waals surface area contributed by atoms with E-state index in [2.05, 4.69) is 10.6 Å². The number of carbonyl (C=O) groups excluding carboxylic acids is 1. The van der Waals surface area contributed by atoms with Crippen molar-refractivity contribution in [2.75, 3.05) is 11.9 Å². The SMILES string of the molecule is Cc1cc(NC2CCNC3(CCC3)C2)ccc1C(N)=O. The van der Waals surface area contributed by atoms with Gasteiger partial charge in [-0.2, -0.15) is 0 Å². The second kappa shape index (κ2) is 5.09. The number of hydrogen-bond donors (Lipinski definition) is 3. The van der Waals surface area contributed by atoms with E-state index in [-0.39, 0.29) is 5.91 Å². The van der Waals surface area contributed by atoms with Crippen LogP contribution in [0.5, 0.6) is 0 Å². The minimum absolute atomic E-state index is 0.357. The summed E-state index contributed by atoms with van der Waals surface area (Å²) in [5.41, 5.74) is 8.38. The average molecular weight is 273 g/mol. The van der Waals surface area contributed by atoms with E-state index in [0.717, 1.165) is 24.2 Å². The lowest BCUT2D eigenvalue weighted by Gasteiger charge is -2.48. The number of hydrogen-bond acceptors (Lipinski definition) is 3. The minimum Gasteiger partial charge on any atom is -0.382 e. The minimum atomic E-state index is -0.357. The molecule has 0 bridgehead atoms. The molecule has 3 rings (SSSR count). The second-order valence-electron chi connectivity index (χ2n) is 6.29. The van der Waals surface area contributed by atoms with Gasteiger partial charge in [0, 0.05) is 22.8 Å². The number of rotatable bonds is 3. The van der Waals surface area contributed by atoms with Gasteiger partial charge >= 0.3 is 0 Å². The number of carbonyl (C=O) groups is 1. The number of nitrogens with two attached hydrogens (primary N) is 1. The standard InChI is InChI=1S/C16H23N3O/c1-11-9-12(3-4-14(11)15(17)20)19-13-5-8-18-16(10-13)6-2-7-16/h3-4,9,13,18-19H,2,5-8,10H2,1H3,(H2,17,20). The van der Waals surface area contributed by atoms with E-state index in [0.29, 0.717) is 17.1 Å². The molecule has 4 nitrogen and oxygen atoms in total. The van der Waals surface area contributed by atoms with Crippen molar-refractivity contribution >= 4 is 11.6 Å². The van der Waals surface area contributed by atoms with Gasteiger partial charge in [-0.1, -0.05) is 0 Å². The highest BCUT2D eigenvalue weighted by Crippen LogP contribution is 2.39. The van der Waals surface area contributed by atoms with Gasteiger partial charge in [0.15, 0.2) is 0 Å². The van der Waals surface area contributed by atoms with Crippen molar-refractivity contribution in [2.45, 2.75) is 50.6 Å². The molecule has 108 valence electrons. The molecule has 1 unspecified atom stereocenters. The van der Waals surface area contributed by atoms with E-state index < -0.39 is 0 Å². The van der Waals surface area contributed by atoms with Crippen molar-refractivity contribution in [3.05, 3.63) is 29.3 Å². The quantitative estimate of drug-likeness (QED) is 0.790. The maximum absolute atomic E-state index is 11.2. The third-order valence-electron chi connectivity index (χ3n) is 4.80. The van der Waals surface area contributed by atoms with Crippen molar-refractivity contribution in [2.24, 2.45) is 5.73 Å². The predicted molar refractivity (Wildman–Crippen MR) is 80.9 cm³/mol. The Kier molecular flexibility index (Phi) is 3.42. The van der Waals surface area contributed by atoms with Crippen LogP contribution in [0.3, 0.4) is 0 Å². The number of anilines is 1. The van der Waals surface area contributed by atoms with Crippen molar-refractivity contribution in [1.29, 1.82) is 0 Å². The molecule has 1 amide bonds. The highest BCUT2D eigenvalue weighted by Gasteiger charge is 2.40. The molecule has 2 aliphatic rings. The summed E-state index contributed by atoms with van der Waals surface area (Å²) in [6.45, 7) is 3.02. The van der Waals surface area contributed by atoms with Gasteiger partial charge in [-0.15, -0.1) is 0 Å². The van der Waals surface area contributed by atoms with E-state index >= 15 is 0 Å². The first-order valence-electron chi connectivity index (χ1n) is 7.50. The van der Waals surface area contributed by atoms with Gasteiger partial charge in [0.1, 0.15) is 0 Å². The van der Waals surface area contributed by atoms with Crippen LogP contribution in [-0.2, 0) is 0 Å². The van der Waals surface area contributed by atoms with Gasteiger partial charge in [0.05, 0.1) is 0 Å². The molecule has 1 heterocycles. The first-order valence-corrected chi connectivity index (χ1v) is 7.50. The van der Waals surface area contributed by atoms with Crippen LogP contribution in [0.2, 0.25) is 0 Å². The van der Waals surface area contributed by atoms with E-state index in [9.17, 15) is 4.79 Å². The van der Waals surface area contributed by atoms with E-state index in [1.165, 1.54) is 25.7 Å². The van der Waals surface area contributed by atoms with Crippen LogP contribution in [-0.4, -0.2) is 24.0 Å². The van der Waals surface area contributed by atoms with Crippen molar-refractivity contribution in [3.63, 3.8) is 0 Å². The fourth-order valence-electron chi connectivity index (χ4n) is 3.53. The molecule has 1 aliphatic heterocycles. The summed E-state index contributed by atoms with van der Waals surface area (Å²) in [6, 6.07) is 6.33. The Morgan fingerprint density at radius 1 is 1.45 bits per heavy atom. The fourth-order valence-corrected chi connectivity index (χ4v) is 3.53. The number of primary amides is 1. The van der Waals surface area contributed by atoms with Crippen LogP contribution < -0.4 is 16.4 Å². The molecule has 1 atom stereocenters. The number of piperidine rings is 1. The lowest BCUT2D eigenvalue weighted by atomic mass is 9.70. The number of amides is 1. The molecule has 1 spiro atoms. The fraction of sp³-hybridized carbons (Fsp3) is 0.562. The van der Waals surface area contributed by atoms with Crippen LogP contribution >= 0.6 is 0 Å². The highest BCUT2D eigenvalue weighted by atomic mass is 16.1. The molecule has 1 aromatic carbocycles. The van der Waals surface area contributed by atoms with Crippen molar-refractivity contribution < 1.29 is 4.79 Å². The smallest absolute Gasteiger partial charge is 0.248 e. The summed E-state index contributed by atoms with van der Waals surface area (Å²) >= 11 is 0. The first-order chi connectivity index (χ1) is 9.58. The third-order valence-corrected chi connectivity index (χ3v) is 4.80. The van der Waals surface area contributed by atoms with Crippen molar-refractivity contribution in [1.82, 2.24) is 5.32 Å². The molecule has 1 saturated carbocycles. The Morgan fingerprint density at radius 2 is 2.25 bits per heavy atom. The molecule has 1 aromatic rings. The van der Waals surface area contributed by atoms with Gasteiger partial charge in [0.2, 0.25) is 5.91 Å². The van der Waals surface area contributed by atoms with Crippen LogP contribution in [0.25, 0.3) is 0 Å². The van der Waals surface area contributed by atoms with Crippen LogP contribution in [0.4, 0.5) is 5.69 Å². The molecule has 20 heavy (non-hydrogen) atoms. The maximum Gasteiger partial charge on any atom is 0.248 e. The molecule has 4 N–H and O–H groups in total. The maximum atomic E-state index is 11.2. The zero-order valence-electron chi connectivity index (χ0n) is 12.0. The summed E-state index contributed by atoms with van der Waals surface area (Å²) < 4.78 is 0. The Hall–Kier alpha value is -1.55. The number of nitrogens with one attached hydrogen (secondary N) is 2. The zero-order chi connectivity index (χ0) is 14.2. The van der Waals surface area contributed by atoms with Gasteiger partial charge in [-0.3, -0.25) is 4.79 Å². The molecule has 0 aromatic heterocycles. The van der Waals surface area contributed by atoms with Gasteiger partial charge in [-0.25, -0.2) is 0 Å². The lowest BCUT2D eigenvalue weighted by molar-refractivity contribution is 0.1000. The normalized spacial score (nSPS) is 24.1. The molecule has 2 fully saturated rings. The molecule has 4 heteroatoms. The predicted octanol–water partition coefficient (Wildman–Crippen LogP) is 2.18. The largest absolute Gasteiger partial charge is 0.382 e. The summed E-state index contributed by atoms with van der Waals surface area (Å²) in [4.78, 5) is 11.2. The summed E-state index contributed by atoms with van der Waals surface area (Å²) in [7, 11) is 0. The Balaban J connectivity index is 1.68. The lowest BCUT2D eigenvalue weighted by Crippen LogP contribution is -2.58. The van der Waals surface area contributed by atoms with Gasteiger partial charge < -0.3 is 16.4 Å². The molecular weight excluding hydrogens is 250 g/mol. The van der Waals surface area contributed by atoms with Crippen molar-refractivity contribution in [3.8, 4) is 0 Å². The zero-order valence-corrected chi connectivity index (χ0v) is 12.0. The molecular formula is C16H23N3O. The van der Waals surface area contributed by atoms with Gasteiger partial charge in [0.25, 0.3) is 0 Å². The van der Waals surface area contributed by atoms with E-state index in [1.807, 2.05) is 25.1 Å². The molecule has 0 radical (unpaired) electrons. The van der Waals surface area contributed by atoms with E-state index in [1.54, 1.807) is 0 Å². The van der Waals surface area contributed by atoms with E-state index in [4.69, 9.17) is 5.73 Å². The average Bonchev–Trinajstić information content (AvgIpc) is 2.37. The Bertz CT molecular complexity index is 522. The molecule has 1 aliphatic carbocycles. The summed E-state index contributed by atoms with van der Waals surface area (Å²) in [5.74, 6) is -0.357. The van der Waals surface area contributed by atoms with Crippen LogP contribution in [0.15, 0.2) is 18.2 Å². The number of aryl methyl sites for hydroxylation is 1. The third kappa shape index (κ3) is 2.52. The highest BCUT2D eigenvalue weighted by molar-refractivity contribution is 5.94. The molecule has 1 saturated heterocycles. The summed E-state index contributed by atoms with van der Waals surface area (Å²) in [5, 5.41) is 7.30. The van der Waals surface area contributed by atoms with Gasteiger partial charge in [-0.05, 0) is 69.3 Å². The van der Waals surface area contributed by atoms with Crippen LogP contribution in [0.1, 0.15) is 48.0 Å². The first kappa shape index (κ1) is 13.4. The Morgan fingerprint density at radius 3 is 2.85 bits per heavy atom. The Labute approximate surface area is 120 Å². The number of benzene rings is 1. The topological polar surface area (TPSA) is 67.2 Å².